The van der Waals surface area contributed by atoms with Crippen LogP contribution in [-0.4, -0.2) is 45.4 Å². The van der Waals surface area contributed by atoms with Gasteiger partial charge in [0.05, 0.1) is 9.82 Å². The molecular weight excluding hydrogens is 410 g/mol. The molecule has 162 valence electrons. The number of likely N-dealkylation sites (N-methyl/N-ethyl adjacent to an activating group) is 1. The fraction of sp³-hybridized carbons (Fsp3) is 0.316. The highest BCUT2D eigenvalue weighted by molar-refractivity contribution is 7.89. The molecule has 0 bridgehead atoms. The molecule has 2 aromatic carbocycles. The Morgan fingerprint density at radius 2 is 1.90 bits per heavy atom. The van der Waals surface area contributed by atoms with Crippen molar-refractivity contribution >= 4 is 33.0 Å². The van der Waals surface area contributed by atoms with Crippen molar-refractivity contribution in [2.24, 2.45) is 5.14 Å². The minimum atomic E-state index is -4.05. The molecule has 11 heteroatoms. The van der Waals surface area contributed by atoms with E-state index < -0.39 is 20.6 Å². The molecule has 0 aliphatic heterocycles. The third-order valence-electron chi connectivity index (χ3n) is 4.58. The lowest BCUT2D eigenvalue weighted by Gasteiger charge is -2.27. The number of rotatable bonds is 10. The SMILES string of the molecule is CC(CNC(=O)CCNc1ccc(S(N)(=O)=O)cc1[N+](=O)[O-])N(C)c1ccccc1. The van der Waals surface area contributed by atoms with Gasteiger partial charge in [-0.15, -0.1) is 0 Å². The van der Waals surface area contributed by atoms with Gasteiger partial charge in [-0.3, -0.25) is 14.9 Å². The Labute approximate surface area is 175 Å². The predicted octanol–water partition coefficient (Wildman–Crippen LogP) is 1.69. The molecular formula is C19H25N5O5S. The van der Waals surface area contributed by atoms with Crippen LogP contribution in [0.25, 0.3) is 0 Å². The van der Waals surface area contributed by atoms with Crippen LogP contribution in [0.5, 0.6) is 0 Å². The molecule has 1 unspecified atom stereocenters. The lowest BCUT2D eigenvalue weighted by molar-refractivity contribution is -0.384. The number of amides is 1. The van der Waals surface area contributed by atoms with Crippen molar-refractivity contribution in [2.75, 3.05) is 30.4 Å². The second kappa shape index (κ2) is 10.0. The minimum Gasteiger partial charge on any atom is -0.379 e. The summed E-state index contributed by atoms with van der Waals surface area (Å²) in [4.78, 5) is 24.3. The molecule has 1 amide bonds. The highest BCUT2D eigenvalue weighted by atomic mass is 32.2. The zero-order valence-electron chi connectivity index (χ0n) is 16.7. The zero-order valence-corrected chi connectivity index (χ0v) is 17.6. The second-order valence-corrected chi connectivity index (χ2v) is 8.32. The molecule has 2 aromatic rings. The molecule has 0 radical (unpaired) electrons. The van der Waals surface area contributed by atoms with E-state index in [-0.39, 0.29) is 35.5 Å². The fourth-order valence-corrected chi connectivity index (χ4v) is 3.24. The maximum absolute atomic E-state index is 12.1. The van der Waals surface area contributed by atoms with Gasteiger partial charge in [0.25, 0.3) is 5.69 Å². The van der Waals surface area contributed by atoms with Gasteiger partial charge >= 0.3 is 0 Å². The molecule has 0 fully saturated rings. The van der Waals surface area contributed by atoms with Crippen molar-refractivity contribution < 1.29 is 18.1 Å². The molecule has 30 heavy (non-hydrogen) atoms. The van der Waals surface area contributed by atoms with Gasteiger partial charge < -0.3 is 15.5 Å². The van der Waals surface area contributed by atoms with E-state index in [1.54, 1.807) is 0 Å². The van der Waals surface area contributed by atoms with Crippen molar-refractivity contribution in [1.29, 1.82) is 0 Å². The highest BCUT2D eigenvalue weighted by Gasteiger charge is 2.19. The number of primary sulfonamides is 1. The van der Waals surface area contributed by atoms with Gasteiger partial charge in [-0.1, -0.05) is 18.2 Å². The minimum absolute atomic E-state index is 0.0659. The number of carbonyl (C=O) groups excluding carboxylic acids is 1. The van der Waals surface area contributed by atoms with E-state index in [0.29, 0.717) is 6.54 Å². The summed E-state index contributed by atoms with van der Waals surface area (Å²) in [6, 6.07) is 13.2. The van der Waals surface area contributed by atoms with E-state index in [1.165, 1.54) is 12.1 Å². The Kier molecular flexibility index (Phi) is 7.72. The normalized spacial score (nSPS) is 12.1. The number of nitrogens with two attached hydrogens (primary N) is 1. The van der Waals surface area contributed by atoms with Crippen LogP contribution >= 0.6 is 0 Å². The summed E-state index contributed by atoms with van der Waals surface area (Å²) in [7, 11) is -2.11. The van der Waals surface area contributed by atoms with E-state index in [4.69, 9.17) is 5.14 Å². The number of benzene rings is 2. The predicted molar refractivity (Wildman–Crippen MR) is 115 cm³/mol. The van der Waals surface area contributed by atoms with E-state index in [1.807, 2.05) is 44.3 Å². The first-order chi connectivity index (χ1) is 14.1. The van der Waals surface area contributed by atoms with Crippen molar-refractivity contribution in [1.82, 2.24) is 5.32 Å². The summed E-state index contributed by atoms with van der Waals surface area (Å²) in [5.74, 6) is -0.209. The van der Waals surface area contributed by atoms with Gasteiger partial charge in [0.2, 0.25) is 15.9 Å². The summed E-state index contributed by atoms with van der Waals surface area (Å²) < 4.78 is 22.7. The molecule has 0 aliphatic rings. The molecule has 0 aromatic heterocycles. The van der Waals surface area contributed by atoms with E-state index in [0.717, 1.165) is 11.8 Å². The second-order valence-electron chi connectivity index (χ2n) is 6.76. The standard InChI is InChI=1S/C19H25N5O5S/c1-14(23(2)15-6-4-3-5-7-15)13-22-19(25)10-11-21-17-9-8-16(30(20,28)29)12-18(17)24(26)27/h3-9,12,14,21H,10-11,13H2,1-2H3,(H,22,25)(H2,20,28,29). The van der Waals surface area contributed by atoms with E-state index >= 15 is 0 Å². The van der Waals surface area contributed by atoms with Crippen molar-refractivity contribution in [3.05, 3.63) is 58.6 Å². The van der Waals surface area contributed by atoms with Crippen LogP contribution in [0.15, 0.2) is 53.4 Å². The number of para-hydroxylation sites is 1. The maximum Gasteiger partial charge on any atom is 0.293 e. The number of sulfonamides is 1. The Morgan fingerprint density at radius 1 is 1.23 bits per heavy atom. The van der Waals surface area contributed by atoms with Gasteiger partial charge in [-0.25, -0.2) is 13.6 Å². The number of hydrogen-bond acceptors (Lipinski definition) is 7. The Hall–Kier alpha value is -3.18. The van der Waals surface area contributed by atoms with Gasteiger partial charge in [0.15, 0.2) is 0 Å². The molecule has 4 N–H and O–H groups in total. The van der Waals surface area contributed by atoms with Crippen LogP contribution in [0.1, 0.15) is 13.3 Å². The van der Waals surface area contributed by atoms with Crippen molar-refractivity contribution in [2.45, 2.75) is 24.3 Å². The van der Waals surface area contributed by atoms with Crippen LogP contribution in [-0.2, 0) is 14.8 Å². The first-order valence-corrected chi connectivity index (χ1v) is 10.7. The van der Waals surface area contributed by atoms with Gasteiger partial charge in [0, 0.05) is 44.4 Å². The number of carbonyl (C=O) groups is 1. The molecule has 10 nitrogen and oxygen atoms in total. The zero-order chi connectivity index (χ0) is 22.3. The average molecular weight is 436 g/mol. The molecule has 1 atom stereocenters. The summed E-state index contributed by atoms with van der Waals surface area (Å²) in [6.07, 6.45) is 0.0931. The average Bonchev–Trinajstić information content (AvgIpc) is 2.71. The van der Waals surface area contributed by atoms with Crippen molar-refractivity contribution in [3.63, 3.8) is 0 Å². The Bertz CT molecular complexity index is 998. The first kappa shape index (κ1) is 23.1. The van der Waals surface area contributed by atoms with Gasteiger partial charge in [0.1, 0.15) is 5.69 Å². The number of hydrogen-bond donors (Lipinski definition) is 3. The number of nitro benzene ring substituents is 1. The first-order valence-electron chi connectivity index (χ1n) is 9.19. The molecule has 0 saturated heterocycles. The smallest absolute Gasteiger partial charge is 0.293 e. The largest absolute Gasteiger partial charge is 0.379 e. The lowest BCUT2D eigenvalue weighted by Crippen LogP contribution is -2.40. The third-order valence-corrected chi connectivity index (χ3v) is 5.49. The van der Waals surface area contributed by atoms with Crippen LogP contribution in [0.2, 0.25) is 0 Å². The topological polar surface area (TPSA) is 148 Å². The van der Waals surface area contributed by atoms with Crippen molar-refractivity contribution in [3.8, 4) is 0 Å². The lowest BCUT2D eigenvalue weighted by atomic mass is 10.2. The number of nitrogens with one attached hydrogen (secondary N) is 2. The van der Waals surface area contributed by atoms with E-state index in [9.17, 15) is 23.3 Å². The Balaban J connectivity index is 1.86. The molecule has 2 rings (SSSR count). The fourth-order valence-electron chi connectivity index (χ4n) is 2.70. The third kappa shape index (κ3) is 6.42. The van der Waals surface area contributed by atoms with Crippen LogP contribution in [0.4, 0.5) is 17.1 Å². The summed E-state index contributed by atoms with van der Waals surface area (Å²) in [5.41, 5.74) is 0.716. The summed E-state index contributed by atoms with van der Waals surface area (Å²) in [5, 5.41) is 21.8. The summed E-state index contributed by atoms with van der Waals surface area (Å²) in [6.45, 7) is 2.57. The Morgan fingerprint density at radius 3 is 2.50 bits per heavy atom. The highest BCUT2D eigenvalue weighted by Crippen LogP contribution is 2.27. The number of nitro groups is 1. The quantitative estimate of drug-likeness (QED) is 0.380. The van der Waals surface area contributed by atoms with Gasteiger partial charge in [-0.2, -0.15) is 0 Å². The van der Waals surface area contributed by atoms with Crippen LogP contribution in [0.3, 0.4) is 0 Å². The molecule has 0 heterocycles. The van der Waals surface area contributed by atoms with Gasteiger partial charge in [-0.05, 0) is 31.2 Å². The van der Waals surface area contributed by atoms with Crippen LogP contribution in [0, 0.1) is 10.1 Å². The molecule has 0 saturated carbocycles. The number of nitrogens with zero attached hydrogens (tertiary/aromatic N) is 2. The monoisotopic (exact) mass is 435 g/mol. The maximum atomic E-state index is 12.1. The summed E-state index contributed by atoms with van der Waals surface area (Å²) >= 11 is 0. The molecule has 0 aliphatic carbocycles. The molecule has 0 spiro atoms. The van der Waals surface area contributed by atoms with Crippen LogP contribution < -0.4 is 20.7 Å². The number of anilines is 2. The van der Waals surface area contributed by atoms with E-state index in [2.05, 4.69) is 15.5 Å².